The zero-order valence-corrected chi connectivity index (χ0v) is 13.0. The highest BCUT2D eigenvalue weighted by molar-refractivity contribution is 5.87. The highest BCUT2D eigenvalue weighted by atomic mass is 16.6. The molecule has 3 atom stereocenters. The molecular weight excluding hydrogens is 252 g/mol. The summed E-state index contributed by atoms with van der Waals surface area (Å²) in [4.78, 5) is 23.6. The first-order chi connectivity index (χ1) is 9.12. The van der Waals surface area contributed by atoms with E-state index in [4.69, 9.17) is 17.6 Å². The van der Waals surface area contributed by atoms with Gasteiger partial charge in [0.25, 0.3) is 0 Å². The van der Waals surface area contributed by atoms with Gasteiger partial charge in [-0.05, 0) is 26.7 Å². The van der Waals surface area contributed by atoms with E-state index in [-0.39, 0.29) is 5.92 Å². The van der Waals surface area contributed by atoms with Crippen LogP contribution in [-0.2, 0) is 14.3 Å². The van der Waals surface area contributed by atoms with Crippen LogP contribution in [-0.4, -0.2) is 11.9 Å². The molecule has 0 aliphatic carbocycles. The van der Waals surface area contributed by atoms with Crippen LogP contribution in [0.15, 0.2) is 0 Å². The van der Waals surface area contributed by atoms with Crippen LogP contribution in [0.4, 0.5) is 0 Å². The minimum Gasteiger partial charge on any atom is -0.393 e. The van der Waals surface area contributed by atoms with Gasteiger partial charge in [-0.1, -0.05) is 20.8 Å². The van der Waals surface area contributed by atoms with E-state index in [1.54, 1.807) is 13.8 Å². The van der Waals surface area contributed by atoms with E-state index in [0.717, 1.165) is 0 Å². The van der Waals surface area contributed by atoms with Crippen molar-refractivity contribution in [2.45, 2.75) is 47.5 Å². The fourth-order valence-electron chi connectivity index (χ4n) is 1.90. The molecule has 0 aromatic carbocycles. The number of carbonyl (C=O) groups excluding carboxylic acids is 2. The molecule has 0 aliphatic heterocycles. The van der Waals surface area contributed by atoms with Crippen molar-refractivity contribution in [2.75, 3.05) is 0 Å². The Morgan fingerprint density at radius 3 is 2.05 bits per heavy atom. The summed E-state index contributed by atoms with van der Waals surface area (Å²) < 4.78 is 4.89. The third kappa shape index (κ3) is 6.43. The molecule has 0 fully saturated rings. The highest BCUT2D eigenvalue weighted by Gasteiger charge is 2.27. The molecule has 3 heteroatoms. The van der Waals surface area contributed by atoms with Crippen molar-refractivity contribution in [3.05, 3.63) is 0 Å². The minimum absolute atomic E-state index is 0.0227. The van der Waals surface area contributed by atoms with Crippen molar-refractivity contribution < 1.29 is 14.3 Å². The molecule has 20 heavy (non-hydrogen) atoms. The van der Waals surface area contributed by atoms with Crippen LogP contribution in [0, 0.1) is 47.9 Å². The van der Waals surface area contributed by atoms with Gasteiger partial charge in [-0.3, -0.25) is 9.59 Å². The summed E-state index contributed by atoms with van der Waals surface area (Å²) in [5.41, 5.74) is -0.398. The average molecular weight is 276 g/mol. The molecule has 0 aromatic rings. The number of hydrogen-bond acceptors (Lipinski definition) is 3. The first-order valence-corrected chi connectivity index (χ1v) is 6.82. The summed E-state index contributed by atoms with van der Waals surface area (Å²) in [5.74, 6) is 3.29. The SMILES string of the molecule is C#CC(C)CC(C)C(=O)OC(=O)C(C)CC(C)(C)C#C. The zero-order valence-electron chi connectivity index (χ0n) is 13.0. The molecule has 0 radical (unpaired) electrons. The standard InChI is InChI=1S/C17H24O3/c1-8-12(3)10-13(4)15(18)20-16(19)14(5)11-17(6,7)9-2/h1-2,12-14H,10-11H2,3-7H3. The van der Waals surface area contributed by atoms with Crippen molar-refractivity contribution in [1.29, 1.82) is 0 Å². The van der Waals surface area contributed by atoms with Gasteiger partial charge in [-0.25, -0.2) is 0 Å². The molecule has 0 amide bonds. The Bertz CT molecular complexity index is 434. The average Bonchev–Trinajstić information content (AvgIpc) is 2.37. The van der Waals surface area contributed by atoms with E-state index in [2.05, 4.69) is 11.8 Å². The molecule has 0 aromatic heterocycles. The lowest BCUT2D eigenvalue weighted by molar-refractivity contribution is -0.165. The van der Waals surface area contributed by atoms with Gasteiger partial charge < -0.3 is 4.74 Å². The van der Waals surface area contributed by atoms with Gasteiger partial charge in [0.15, 0.2) is 0 Å². The molecular formula is C17H24O3. The molecule has 0 rings (SSSR count). The molecule has 3 nitrogen and oxygen atoms in total. The second kappa shape index (κ2) is 7.75. The quantitative estimate of drug-likeness (QED) is 0.425. The van der Waals surface area contributed by atoms with Gasteiger partial charge >= 0.3 is 11.9 Å². The Morgan fingerprint density at radius 2 is 1.60 bits per heavy atom. The van der Waals surface area contributed by atoms with E-state index in [1.807, 2.05) is 20.8 Å². The molecule has 110 valence electrons. The summed E-state index contributed by atoms with van der Waals surface area (Å²) in [6.07, 6.45) is 11.6. The summed E-state index contributed by atoms with van der Waals surface area (Å²) in [6.45, 7) is 9.01. The zero-order chi connectivity index (χ0) is 15.9. The largest absolute Gasteiger partial charge is 0.393 e. The fourth-order valence-corrected chi connectivity index (χ4v) is 1.90. The number of ether oxygens (including phenoxy) is 1. The van der Waals surface area contributed by atoms with Crippen molar-refractivity contribution >= 4 is 11.9 Å². The first kappa shape index (κ1) is 18.3. The Labute approximate surface area is 122 Å². The Hall–Kier alpha value is -1.74. The Kier molecular flexibility index (Phi) is 7.08. The molecule has 0 aliphatic rings. The van der Waals surface area contributed by atoms with Crippen LogP contribution >= 0.6 is 0 Å². The molecule has 0 saturated heterocycles. The normalized spacial score (nSPS) is 15.3. The highest BCUT2D eigenvalue weighted by Crippen LogP contribution is 2.25. The van der Waals surface area contributed by atoms with Crippen LogP contribution in [0.5, 0.6) is 0 Å². The van der Waals surface area contributed by atoms with E-state index < -0.39 is 29.2 Å². The smallest absolute Gasteiger partial charge is 0.316 e. The maximum atomic E-state index is 11.9. The van der Waals surface area contributed by atoms with E-state index in [9.17, 15) is 9.59 Å². The van der Waals surface area contributed by atoms with Crippen molar-refractivity contribution in [1.82, 2.24) is 0 Å². The van der Waals surface area contributed by atoms with E-state index in [0.29, 0.717) is 12.8 Å². The fraction of sp³-hybridized carbons (Fsp3) is 0.647. The van der Waals surface area contributed by atoms with Gasteiger partial charge in [-0.15, -0.1) is 24.7 Å². The van der Waals surface area contributed by atoms with Crippen LogP contribution in [0.25, 0.3) is 0 Å². The second-order valence-corrected chi connectivity index (χ2v) is 6.08. The molecule has 3 unspecified atom stereocenters. The van der Waals surface area contributed by atoms with Crippen molar-refractivity contribution in [2.24, 2.45) is 23.2 Å². The van der Waals surface area contributed by atoms with Gasteiger partial charge in [0.05, 0.1) is 11.8 Å². The van der Waals surface area contributed by atoms with E-state index >= 15 is 0 Å². The van der Waals surface area contributed by atoms with Crippen LogP contribution < -0.4 is 0 Å². The second-order valence-electron chi connectivity index (χ2n) is 6.08. The summed E-state index contributed by atoms with van der Waals surface area (Å²) >= 11 is 0. The topological polar surface area (TPSA) is 43.4 Å². The van der Waals surface area contributed by atoms with Gasteiger partial charge in [0.1, 0.15) is 0 Å². The third-order valence-electron chi connectivity index (χ3n) is 3.20. The van der Waals surface area contributed by atoms with Crippen LogP contribution in [0.1, 0.15) is 47.5 Å². The lowest BCUT2D eigenvalue weighted by Gasteiger charge is -2.21. The third-order valence-corrected chi connectivity index (χ3v) is 3.20. The van der Waals surface area contributed by atoms with E-state index in [1.165, 1.54) is 0 Å². The molecule has 0 saturated carbocycles. The molecule has 0 N–H and O–H groups in total. The molecule has 0 bridgehead atoms. The lowest BCUT2D eigenvalue weighted by atomic mass is 9.84. The summed E-state index contributed by atoms with van der Waals surface area (Å²) in [5, 5.41) is 0. The summed E-state index contributed by atoms with van der Waals surface area (Å²) in [6, 6.07) is 0. The maximum absolute atomic E-state index is 11.9. The van der Waals surface area contributed by atoms with Gasteiger partial charge in [0, 0.05) is 11.3 Å². The number of esters is 2. The Morgan fingerprint density at radius 1 is 1.10 bits per heavy atom. The van der Waals surface area contributed by atoms with Gasteiger partial charge in [0.2, 0.25) is 0 Å². The van der Waals surface area contributed by atoms with Crippen molar-refractivity contribution in [3.8, 4) is 24.7 Å². The van der Waals surface area contributed by atoms with Crippen molar-refractivity contribution in [3.63, 3.8) is 0 Å². The predicted molar refractivity (Wildman–Crippen MR) is 79.3 cm³/mol. The molecule has 0 heterocycles. The number of terminal acetylenes is 2. The number of rotatable bonds is 6. The monoisotopic (exact) mass is 276 g/mol. The molecule has 0 spiro atoms. The first-order valence-electron chi connectivity index (χ1n) is 6.82. The van der Waals surface area contributed by atoms with Crippen LogP contribution in [0.2, 0.25) is 0 Å². The van der Waals surface area contributed by atoms with Crippen LogP contribution in [0.3, 0.4) is 0 Å². The van der Waals surface area contributed by atoms with Gasteiger partial charge in [-0.2, -0.15) is 0 Å². The number of hydrogen-bond donors (Lipinski definition) is 0. The summed E-state index contributed by atoms with van der Waals surface area (Å²) in [7, 11) is 0. The minimum atomic E-state index is -0.529. The predicted octanol–water partition coefficient (Wildman–Crippen LogP) is 3.04. The lowest BCUT2D eigenvalue weighted by Crippen LogP contribution is -2.27. The number of carbonyl (C=O) groups is 2. The maximum Gasteiger partial charge on any atom is 0.316 e. The Balaban J connectivity index is 4.44.